The van der Waals surface area contributed by atoms with Crippen molar-refractivity contribution in [1.82, 2.24) is 4.90 Å². The number of rotatable bonds is 8. The third kappa shape index (κ3) is 5.66. The van der Waals surface area contributed by atoms with Gasteiger partial charge >= 0.3 is 5.97 Å². The summed E-state index contributed by atoms with van der Waals surface area (Å²) in [5.74, 6) is -0.384. The van der Waals surface area contributed by atoms with Crippen molar-refractivity contribution in [3.8, 4) is 5.75 Å². The lowest BCUT2D eigenvalue weighted by molar-refractivity contribution is -0.150. The Morgan fingerprint density at radius 3 is 2.50 bits per heavy atom. The Kier molecular flexibility index (Phi) is 7.33. The SMILES string of the molecule is CC[C@H](C)OC(=O)CN1C(=O)S/C(=C\c2ccc(OCc3ccc4ccccc4c3)cc2)C1=O. The van der Waals surface area contributed by atoms with Crippen molar-refractivity contribution in [2.24, 2.45) is 0 Å². The number of hydrogen-bond donors (Lipinski definition) is 0. The van der Waals surface area contributed by atoms with E-state index in [1.807, 2.05) is 49.4 Å². The van der Waals surface area contributed by atoms with Crippen molar-refractivity contribution in [1.29, 1.82) is 0 Å². The van der Waals surface area contributed by atoms with Crippen LogP contribution in [0.3, 0.4) is 0 Å². The molecule has 174 valence electrons. The number of carbonyl (C=O) groups excluding carboxylic acids is 3. The average Bonchev–Trinajstić information content (AvgIpc) is 3.10. The summed E-state index contributed by atoms with van der Waals surface area (Å²) in [6.07, 6.45) is 2.04. The molecule has 1 aliphatic heterocycles. The zero-order chi connectivity index (χ0) is 24.1. The number of thioether (sulfide) groups is 1. The van der Waals surface area contributed by atoms with Gasteiger partial charge in [-0.1, -0.05) is 55.5 Å². The lowest BCUT2D eigenvalue weighted by Crippen LogP contribution is -2.35. The van der Waals surface area contributed by atoms with E-state index in [1.54, 1.807) is 13.0 Å². The molecule has 1 heterocycles. The molecule has 34 heavy (non-hydrogen) atoms. The van der Waals surface area contributed by atoms with Crippen molar-refractivity contribution < 1.29 is 23.9 Å². The fourth-order valence-electron chi connectivity index (χ4n) is 3.42. The molecule has 7 heteroatoms. The van der Waals surface area contributed by atoms with Gasteiger partial charge < -0.3 is 9.47 Å². The average molecular weight is 476 g/mol. The van der Waals surface area contributed by atoms with Gasteiger partial charge in [-0.3, -0.25) is 19.3 Å². The van der Waals surface area contributed by atoms with Crippen LogP contribution in [0.15, 0.2) is 71.6 Å². The molecule has 1 atom stereocenters. The molecule has 0 saturated carbocycles. The maximum absolute atomic E-state index is 12.6. The Labute approximate surface area is 202 Å². The second-order valence-electron chi connectivity index (χ2n) is 8.02. The molecule has 0 aromatic heterocycles. The topological polar surface area (TPSA) is 72.9 Å². The molecule has 3 aromatic rings. The first-order chi connectivity index (χ1) is 16.4. The fourth-order valence-corrected chi connectivity index (χ4v) is 4.26. The van der Waals surface area contributed by atoms with Crippen LogP contribution in [0.5, 0.6) is 5.75 Å². The zero-order valence-electron chi connectivity index (χ0n) is 19.0. The van der Waals surface area contributed by atoms with Gasteiger partial charge in [-0.05, 0) is 71.3 Å². The summed E-state index contributed by atoms with van der Waals surface area (Å²) in [5.41, 5.74) is 1.83. The highest BCUT2D eigenvalue weighted by Gasteiger charge is 2.36. The van der Waals surface area contributed by atoms with E-state index in [4.69, 9.17) is 9.47 Å². The lowest BCUT2D eigenvalue weighted by Gasteiger charge is -2.14. The third-order valence-electron chi connectivity index (χ3n) is 5.47. The quantitative estimate of drug-likeness (QED) is 0.303. The molecule has 1 fully saturated rings. The van der Waals surface area contributed by atoms with E-state index in [1.165, 1.54) is 10.8 Å². The molecule has 0 N–H and O–H groups in total. The van der Waals surface area contributed by atoms with Gasteiger partial charge in [0.05, 0.1) is 11.0 Å². The Bertz CT molecular complexity index is 1250. The Morgan fingerprint density at radius 2 is 1.76 bits per heavy atom. The normalized spacial score (nSPS) is 15.7. The summed E-state index contributed by atoms with van der Waals surface area (Å²) >= 11 is 0.815. The summed E-state index contributed by atoms with van der Waals surface area (Å²) in [6.45, 7) is 3.71. The van der Waals surface area contributed by atoms with Crippen LogP contribution in [-0.4, -0.2) is 34.7 Å². The Balaban J connectivity index is 1.36. The van der Waals surface area contributed by atoms with Gasteiger partial charge in [0.1, 0.15) is 18.9 Å². The molecule has 4 rings (SSSR count). The molecule has 0 bridgehead atoms. The van der Waals surface area contributed by atoms with E-state index < -0.39 is 17.1 Å². The summed E-state index contributed by atoms with van der Waals surface area (Å²) < 4.78 is 11.1. The predicted molar refractivity (Wildman–Crippen MR) is 133 cm³/mol. The molecule has 6 nitrogen and oxygen atoms in total. The molecular weight excluding hydrogens is 450 g/mol. The van der Waals surface area contributed by atoms with Crippen LogP contribution < -0.4 is 4.74 Å². The van der Waals surface area contributed by atoms with E-state index in [0.717, 1.165) is 27.8 Å². The van der Waals surface area contributed by atoms with Gasteiger partial charge in [0, 0.05) is 0 Å². The van der Waals surface area contributed by atoms with Gasteiger partial charge in [0.2, 0.25) is 0 Å². The van der Waals surface area contributed by atoms with E-state index in [-0.39, 0.29) is 17.6 Å². The number of amides is 2. The first-order valence-corrected chi connectivity index (χ1v) is 11.9. The van der Waals surface area contributed by atoms with Crippen molar-refractivity contribution in [3.05, 3.63) is 82.8 Å². The monoisotopic (exact) mass is 475 g/mol. The van der Waals surface area contributed by atoms with Gasteiger partial charge in [0.15, 0.2) is 0 Å². The van der Waals surface area contributed by atoms with Gasteiger partial charge in [-0.15, -0.1) is 0 Å². The molecule has 3 aromatic carbocycles. The summed E-state index contributed by atoms with van der Waals surface area (Å²) in [4.78, 5) is 38.0. The van der Waals surface area contributed by atoms with Crippen molar-refractivity contribution in [2.45, 2.75) is 33.0 Å². The van der Waals surface area contributed by atoms with E-state index >= 15 is 0 Å². The lowest BCUT2D eigenvalue weighted by atomic mass is 10.1. The molecule has 0 spiro atoms. The Hall–Kier alpha value is -3.58. The van der Waals surface area contributed by atoms with Crippen LogP contribution in [-0.2, 0) is 20.9 Å². The van der Waals surface area contributed by atoms with E-state index in [0.29, 0.717) is 18.8 Å². The maximum Gasteiger partial charge on any atom is 0.326 e. The number of nitrogens with zero attached hydrogens (tertiary/aromatic N) is 1. The molecule has 0 aliphatic carbocycles. The largest absolute Gasteiger partial charge is 0.489 e. The van der Waals surface area contributed by atoms with Crippen LogP contribution in [0.2, 0.25) is 0 Å². The van der Waals surface area contributed by atoms with Crippen LogP contribution >= 0.6 is 11.8 Å². The van der Waals surface area contributed by atoms with Gasteiger partial charge in [-0.2, -0.15) is 0 Å². The number of ether oxygens (including phenoxy) is 2. The summed E-state index contributed by atoms with van der Waals surface area (Å²) in [5, 5.41) is 1.88. The molecule has 0 radical (unpaired) electrons. The van der Waals surface area contributed by atoms with Crippen LogP contribution in [0.1, 0.15) is 31.4 Å². The first kappa shape index (κ1) is 23.6. The fraction of sp³-hybridized carbons (Fsp3) is 0.222. The highest BCUT2D eigenvalue weighted by molar-refractivity contribution is 8.18. The minimum Gasteiger partial charge on any atom is -0.489 e. The minimum absolute atomic E-state index is 0.259. The minimum atomic E-state index is -0.592. The van der Waals surface area contributed by atoms with Crippen molar-refractivity contribution >= 4 is 45.7 Å². The second kappa shape index (κ2) is 10.6. The van der Waals surface area contributed by atoms with E-state index in [2.05, 4.69) is 24.3 Å². The number of fused-ring (bicyclic) bond motifs is 1. The number of esters is 1. The zero-order valence-corrected chi connectivity index (χ0v) is 19.8. The first-order valence-electron chi connectivity index (χ1n) is 11.1. The van der Waals surface area contributed by atoms with Crippen molar-refractivity contribution in [3.63, 3.8) is 0 Å². The smallest absolute Gasteiger partial charge is 0.326 e. The molecule has 2 amide bonds. The summed E-state index contributed by atoms with van der Waals surface area (Å²) in [6, 6.07) is 21.7. The predicted octanol–water partition coefficient (Wildman–Crippen LogP) is 5.80. The summed E-state index contributed by atoms with van der Waals surface area (Å²) in [7, 11) is 0. The standard InChI is InChI=1S/C27H25NO5S/c1-3-18(2)33-25(29)16-28-26(30)24(34-27(28)31)15-19-9-12-23(13-10-19)32-17-20-8-11-21-6-4-5-7-22(21)14-20/h4-15,18H,3,16-17H2,1-2H3/b24-15-/t18-/m0/s1. The van der Waals surface area contributed by atoms with Crippen molar-refractivity contribution in [2.75, 3.05) is 6.54 Å². The number of benzene rings is 3. The second-order valence-corrected chi connectivity index (χ2v) is 9.01. The van der Waals surface area contributed by atoms with Crippen LogP contribution in [0.4, 0.5) is 4.79 Å². The molecule has 1 aliphatic rings. The maximum atomic E-state index is 12.6. The highest BCUT2D eigenvalue weighted by atomic mass is 32.2. The Morgan fingerprint density at radius 1 is 1.03 bits per heavy atom. The number of hydrogen-bond acceptors (Lipinski definition) is 6. The third-order valence-corrected chi connectivity index (χ3v) is 6.37. The van der Waals surface area contributed by atoms with E-state index in [9.17, 15) is 14.4 Å². The molecular formula is C27H25NO5S. The molecule has 1 saturated heterocycles. The number of imide groups is 1. The van der Waals surface area contributed by atoms with Crippen LogP contribution in [0.25, 0.3) is 16.8 Å². The molecule has 0 unspecified atom stereocenters. The van der Waals surface area contributed by atoms with Gasteiger partial charge in [0.25, 0.3) is 11.1 Å². The highest BCUT2D eigenvalue weighted by Crippen LogP contribution is 2.32. The van der Waals surface area contributed by atoms with Crippen LogP contribution in [0, 0.1) is 0 Å². The number of carbonyl (C=O) groups is 3. The van der Waals surface area contributed by atoms with Gasteiger partial charge in [-0.25, -0.2) is 0 Å².